The second-order valence-electron chi connectivity index (χ2n) is 11.0. The zero-order valence-electron chi connectivity index (χ0n) is 22.5. The van der Waals surface area contributed by atoms with Gasteiger partial charge in [-0.2, -0.15) is 5.10 Å². The van der Waals surface area contributed by atoms with Crippen LogP contribution in [-0.4, -0.2) is 50.3 Å². The number of likely N-dealkylation sites (tertiary alicyclic amines) is 1. The molecule has 2 atom stereocenters. The highest BCUT2D eigenvalue weighted by molar-refractivity contribution is 5.99. The zero-order chi connectivity index (χ0) is 26.6. The number of rotatable bonds is 9. The van der Waals surface area contributed by atoms with Gasteiger partial charge in [0, 0.05) is 42.9 Å². The number of carboxylic acids is 1. The van der Waals surface area contributed by atoms with Gasteiger partial charge in [0.15, 0.2) is 5.82 Å². The minimum absolute atomic E-state index is 0.0348. The van der Waals surface area contributed by atoms with Gasteiger partial charge >= 0.3 is 5.97 Å². The van der Waals surface area contributed by atoms with Crippen LogP contribution < -0.4 is 0 Å². The molecule has 7 heteroatoms. The monoisotopic (exact) mass is 501 g/mol. The number of allylic oxidation sites excluding steroid dienone is 3. The fraction of sp³-hybridized carbons (Fsp3) is 0.467. The number of benzene rings is 1. The van der Waals surface area contributed by atoms with Crippen molar-refractivity contribution >= 4 is 23.2 Å². The SMILES string of the molecule is C=CC/C=C(/Cc1ccccc1)N=C(C)c1cc2n(n1)C(N1CCC(C)(C)CC1)C(CC(=O)O)C(C)=N2. The van der Waals surface area contributed by atoms with Crippen molar-refractivity contribution in [2.75, 3.05) is 13.1 Å². The molecule has 37 heavy (non-hydrogen) atoms. The highest BCUT2D eigenvalue weighted by Crippen LogP contribution is 2.40. The maximum absolute atomic E-state index is 11.8. The maximum Gasteiger partial charge on any atom is 0.304 e. The van der Waals surface area contributed by atoms with Crippen LogP contribution in [0.15, 0.2) is 70.8 Å². The van der Waals surface area contributed by atoms with E-state index in [1.807, 2.05) is 48.9 Å². The largest absolute Gasteiger partial charge is 0.481 e. The molecule has 3 heterocycles. The van der Waals surface area contributed by atoms with Crippen molar-refractivity contribution in [1.82, 2.24) is 14.7 Å². The first-order valence-electron chi connectivity index (χ1n) is 13.2. The molecule has 1 aromatic carbocycles. The van der Waals surface area contributed by atoms with E-state index in [-0.39, 0.29) is 18.5 Å². The van der Waals surface area contributed by atoms with Gasteiger partial charge in [0.05, 0.1) is 12.1 Å². The second-order valence-corrected chi connectivity index (χ2v) is 11.0. The molecule has 1 fully saturated rings. The van der Waals surface area contributed by atoms with Crippen LogP contribution in [0.2, 0.25) is 0 Å². The van der Waals surface area contributed by atoms with Gasteiger partial charge in [-0.1, -0.05) is 56.3 Å². The Morgan fingerprint density at radius 1 is 1.24 bits per heavy atom. The molecule has 7 nitrogen and oxygen atoms in total. The van der Waals surface area contributed by atoms with E-state index in [2.05, 4.69) is 43.5 Å². The summed E-state index contributed by atoms with van der Waals surface area (Å²) in [5, 5.41) is 14.7. The fourth-order valence-electron chi connectivity index (χ4n) is 5.19. The molecule has 2 aliphatic rings. The molecular formula is C30H39N5O2. The Balaban J connectivity index is 1.67. The standard InChI is InChI=1S/C30H39N5O2/c1-6-7-13-24(18-23-11-9-8-10-12-23)31-22(3)26-20-27-32-21(2)25(19-28(36)37)29(35(27)33-26)34-16-14-30(4,5)15-17-34/h6,8-13,20,25,29H,1,7,14-19H2,2-5H3,(H,36,37)/b24-13-,31-22?. The Hall–Kier alpha value is -3.32. The molecule has 2 aromatic rings. The number of aromatic nitrogens is 2. The lowest BCUT2D eigenvalue weighted by atomic mass is 9.81. The quantitative estimate of drug-likeness (QED) is 0.327. The average Bonchev–Trinajstić information content (AvgIpc) is 3.27. The molecule has 0 amide bonds. The third kappa shape index (κ3) is 6.52. The average molecular weight is 502 g/mol. The molecule has 1 saturated heterocycles. The number of nitrogens with zero attached hydrogens (tertiary/aromatic N) is 5. The van der Waals surface area contributed by atoms with Gasteiger partial charge in [0.2, 0.25) is 0 Å². The number of hydrogen-bond donors (Lipinski definition) is 1. The van der Waals surface area contributed by atoms with Crippen molar-refractivity contribution in [3.05, 3.63) is 72.1 Å². The summed E-state index contributed by atoms with van der Waals surface area (Å²) in [5.41, 5.74) is 4.89. The predicted octanol–water partition coefficient (Wildman–Crippen LogP) is 6.21. The lowest BCUT2D eigenvalue weighted by molar-refractivity contribution is -0.138. The van der Waals surface area contributed by atoms with E-state index < -0.39 is 5.97 Å². The maximum atomic E-state index is 11.8. The molecule has 0 aliphatic carbocycles. The lowest BCUT2D eigenvalue weighted by Gasteiger charge is -2.44. The number of fused-ring (bicyclic) bond motifs is 1. The van der Waals surface area contributed by atoms with Gasteiger partial charge in [-0.05, 0) is 44.1 Å². The zero-order valence-corrected chi connectivity index (χ0v) is 22.5. The van der Waals surface area contributed by atoms with Crippen LogP contribution in [-0.2, 0) is 11.2 Å². The van der Waals surface area contributed by atoms with Crippen LogP contribution in [0, 0.1) is 11.3 Å². The Morgan fingerprint density at radius 2 is 1.95 bits per heavy atom. The van der Waals surface area contributed by atoms with Crippen molar-refractivity contribution in [1.29, 1.82) is 0 Å². The van der Waals surface area contributed by atoms with Gasteiger partial charge in [-0.15, -0.1) is 6.58 Å². The Bertz CT molecular complexity index is 1210. The summed E-state index contributed by atoms with van der Waals surface area (Å²) < 4.78 is 1.94. The molecule has 1 N–H and O–H groups in total. The molecule has 4 rings (SSSR count). The van der Waals surface area contributed by atoms with Crippen LogP contribution in [0.3, 0.4) is 0 Å². The number of carboxylic acid groups (broad SMARTS) is 1. The summed E-state index contributed by atoms with van der Waals surface area (Å²) in [4.78, 5) is 24.0. The number of piperidine rings is 1. The highest BCUT2D eigenvalue weighted by atomic mass is 16.4. The smallest absolute Gasteiger partial charge is 0.304 e. The summed E-state index contributed by atoms with van der Waals surface area (Å²) in [6, 6.07) is 12.3. The predicted molar refractivity (Wildman–Crippen MR) is 150 cm³/mol. The molecule has 2 unspecified atom stereocenters. The molecule has 0 bridgehead atoms. The topological polar surface area (TPSA) is 83.1 Å². The second kappa shape index (κ2) is 11.4. The van der Waals surface area contributed by atoms with Crippen LogP contribution in [0.5, 0.6) is 0 Å². The van der Waals surface area contributed by atoms with Gasteiger partial charge in [0.1, 0.15) is 11.9 Å². The van der Waals surface area contributed by atoms with Gasteiger partial charge in [0.25, 0.3) is 0 Å². The van der Waals surface area contributed by atoms with Crippen molar-refractivity contribution in [3.63, 3.8) is 0 Å². The van der Waals surface area contributed by atoms with Crippen LogP contribution in [0.25, 0.3) is 0 Å². The Kier molecular flexibility index (Phi) is 8.22. The lowest BCUT2D eigenvalue weighted by Crippen LogP contribution is -2.47. The normalized spacial score (nSPS) is 22.3. The van der Waals surface area contributed by atoms with Gasteiger partial charge < -0.3 is 5.11 Å². The summed E-state index contributed by atoms with van der Waals surface area (Å²) in [7, 11) is 0. The Labute approximate surface area is 220 Å². The van der Waals surface area contributed by atoms with Crippen LogP contribution in [0.1, 0.15) is 70.8 Å². The number of hydrogen-bond acceptors (Lipinski definition) is 5. The van der Waals surface area contributed by atoms with Crippen molar-refractivity contribution in [2.45, 2.75) is 66.0 Å². The van der Waals surface area contributed by atoms with E-state index in [9.17, 15) is 9.90 Å². The van der Waals surface area contributed by atoms with Crippen molar-refractivity contribution in [3.8, 4) is 0 Å². The fourth-order valence-corrected chi connectivity index (χ4v) is 5.19. The highest BCUT2D eigenvalue weighted by Gasteiger charge is 2.40. The first kappa shape index (κ1) is 26.7. The van der Waals surface area contributed by atoms with Crippen LogP contribution >= 0.6 is 0 Å². The first-order chi connectivity index (χ1) is 17.7. The number of carbonyl (C=O) groups is 1. The van der Waals surface area contributed by atoms with E-state index in [0.717, 1.165) is 67.4 Å². The molecule has 0 radical (unpaired) electrons. The third-order valence-corrected chi connectivity index (χ3v) is 7.50. The van der Waals surface area contributed by atoms with Crippen molar-refractivity contribution < 1.29 is 9.90 Å². The van der Waals surface area contributed by atoms with Crippen molar-refractivity contribution in [2.24, 2.45) is 21.3 Å². The molecule has 0 spiro atoms. The minimum Gasteiger partial charge on any atom is -0.481 e. The van der Waals surface area contributed by atoms with E-state index in [0.29, 0.717) is 5.41 Å². The number of aliphatic carboxylic acids is 1. The van der Waals surface area contributed by atoms with E-state index in [4.69, 9.17) is 15.1 Å². The minimum atomic E-state index is -0.812. The third-order valence-electron chi connectivity index (χ3n) is 7.50. The Morgan fingerprint density at radius 3 is 2.59 bits per heavy atom. The summed E-state index contributed by atoms with van der Waals surface area (Å²) in [6.07, 6.45) is 7.45. The molecular weight excluding hydrogens is 462 g/mol. The summed E-state index contributed by atoms with van der Waals surface area (Å²) in [5.74, 6) is -0.274. The number of aliphatic imine (C=N–C) groups is 2. The molecule has 196 valence electrons. The molecule has 2 aliphatic heterocycles. The van der Waals surface area contributed by atoms with Crippen LogP contribution in [0.4, 0.5) is 5.82 Å². The molecule has 0 saturated carbocycles. The van der Waals surface area contributed by atoms with E-state index >= 15 is 0 Å². The van der Waals surface area contributed by atoms with Gasteiger partial charge in [-0.25, -0.2) is 9.67 Å². The summed E-state index contributed by atoms with van der Waals surface area (Å²) >= 11 is 0. The van der Waals surface area contributed by atoms with E-state index in [1.54, 1.807) is 0 Å². The summed E-state index contributed by atoms with van der Waals surface area (Å²) in [6.45, 7) is 14.2. The first-order valence-corrected chi connectivity index (χ1v) is 13.2. The molecule has 1 aromatic heterocycles. The van der Waals surface area contributed by atoms with Gasteiger partial charge in [-0.3, -0.25) is 14.7 Å². The van der Waals surface area contributed by atoms with E-state index in [1.165, 1.54) is 5.56 Å².